The fourth-order valence-electron chi connectivity index (χ4n) is 3.37. The lowest BCUT2D eigenvalue weighted by Crippen LogP contribution is -2.43. The van der Waals surface area contributed by atoms with Crippen LogP contribution >= 0.6 is 0 Å². The van der Waals surface area contributed by atoms with Crippen LogP contribution in [0.15, 0.2) is 42.5 Å². The van der Waals surface area contributed by atoms with E-state index in [1.807, 2.05) is 18.2 Å². The first-order valence-electron chi connectivity index (χ1n) is 9.76. The van der Waals surface area contributed by atoms with Crippen molar-refractivity contribution in [1.82, 2.24) is 4.90 Å². The summed E-state index contributed by atoms with van der Waals surface area (Å²) in [6.45, 7) is 3.73. The van der Waals surface area contributed by atoms with Crippen molar-refractivity contribution in [3.63, 3.8) is 0 Å². The third-order valence-corrected chi connectivity index (χ3v) is 5.01. The van der Waals surface area contributed by atoms with E-state index >= 15 is 0 Å². The second kappa shape index (κ2) is 9.43. The van der Waals surface area contributed by atoms with E-state index in [9.17, 15) is 14.4 Å². The molecule has 7 nitrogen and oxygen atoms in total. The van der Waals surface area contributed by atoms with Crippen LogP contribution in [0.4, 0.5) is 0 Å². The summed E-state index contributed by atoms with van der Waals surface area (Å²) in [4.78, 5) is 38.0. The number of ketones is 1. The maximum absolute atomic E-state index is 12.7. The van der Waals surface area contributed by atoms with Gasteiger partial charge in [-0.1, -0.05) is 24.3 Å². The standard InChI is InChI=1S/C23H25NO6/c1-15(25)18-8-9-20(21(12-18)28-3)29-14-22(26)30-16(2)23(27)24-11-10-17-6-4-5-7-19(17)13-24/h4-9,12,16H,10-11,13-14H2,1-3H3/t16-/m1/s1. The van der Waals surface area contributed by atoms with Crippen molar-refractivity contribution >= 4 is 17.7 Å². The number of benzene rings is 2. The van der Waals surface area contributed by atoms with E-state index in [0.717, 1.165) is 12.0 Å². The Morgan fingerprint density at radius 3 is 2.50 bits per heavy atom. The third-order valence-electron chi connectivity index (χ3n) is 5.01. The molecule has 0 fully saturated rings. The Morgan fingerprint density at radius 2 is 1.80 bits per heavy atom. The van der Waals surface area contributed by atoms with Gasteiger partial charge >= 0.3 is 5.97 Å². The Bertz CT molecular complexity index is 954. The van der Waals surface area contributed by atoms with Gasteiger partial charge in [0, 0.05) is 18.7 Å². The minimum atomic E-state index is -0.909. The normalized spacial score (nSPS) is 13.8. The first kappa shape index (κ1) is 21.4. The lowest BCUT2D eigenvalue weighted by molar-refractivity contribution is -0.161. The fourth-order valence-corrected chi connectivity index (χ4v) is 3.37. The topological polar surface area (TPSA) is 82.1 Å². The summed E-state index contributed by atoms with van der Waals surface area (Å²) in [5.74, 6) is -0.350. The number of nitrogens with zero attached hydrogens (tertiary/aromatic N) is 1. The second-order valence-electron chi connectivity index (χ2n) is 7.12. The van der Waals surface area contributed by atoms with Gasteiger partial charge in [-0.25, -0.2) is 4.79 Å². The molecule has 30 heavy (non-hydrogen) atoms. The van der Waals surface area contributed by atoms with E-state index in [0.29, 0.717) is 30.2 Å². The number of esters is 1. The number of ether oxygens (including phenoxy) is 3. The number of hydrogen-bond donors (Lipinski definition) is 0. The Kier molecular flexibility index (Phi) is 6.72. The number of methoxy groups -OCH3 is 1. The SMILES string of the molecule is COc1cc(C(C)=O)ccc1OCC(=O)O[C@H](C)C(=O)N1CCc2ccccc2C1. The predicted molar refractivity (Wildman–Crippen MR) is 110 cm³/mol. The van der Waals surface area contributed by atoms with Crippen molar-refractivity contribution in [3.05, 3.63) is 59.2 Å². The zero-order chi connectivity index (χ0) is 21.7. The molecule has 0 radical (unpaired) electrons. The van der Waals surface area contributed by atoms with Gasteiger partial charge in [0.15, 0.2) is 30.0 Å². The third kappa shape index (κ3) is 4.97. The van der Waals surface area contributed by atoms with Crippen molar-refractivity contribution in [3.8, 4) is 11.5 Å². The Hall–Kier alpha value is -3.35. The minimum Gasteiger partial charge on any atom is -0.493 e. The quantitative estimate of drug-likeness (QED) is 0.515. The highest BCUT2D eigenvalue weighted by molar-refractivity contribution is 5.94. The summed E-state index contributed by atoms with van der Waals surface area (Å²) >= 11 is 0. The highest BCUT2D eigenvalue weighted by Crippen LogP contribution is 2.28. The number of rotatable bonds is 7. The molecule has 2 aromatic carbocycles. The van der Waals surface area contributed by atoms with Crippen molar-refractivity contribution in [2.45, 2.75) is 32.9 Å². The molecule has 3 rings (SSSR count). The van der Waals surface area contributed by atoms with Crippen molar-refractivity contribution in [2.24, 2.45) is 0 Å². The van der Waals surface area contributed by atoms with E-state index in [1.165, 1.54) is 19.6 Å². The van der Waals surface area contributed by atoms with Gasteiger partial charge in [0.05, 0.1) is 7.11 Å². The van der Waals surface area contributed by atoms with Gasteiger partial charge in [-0.15, -0.1) is 0 Å². The molecular weight excluding hydrogens is 386 g/mol. The molecular formula is C23H25NO6. The van der Waals surface area contributed by atoms with Gasteiger partial charge in [0.2, 0.25) is 0 Å². The van der Waals surface area contributed by atoms with Crippen LogP contribution in [-0.4, -0.2) is 48.9 Å². The van der Waals surface area contributed by atoms with Crippen LogP contribution in [0.1, 0.15) is 35.3 Å². The highest BCUT2D eigenvalue weighted by atomic mass is 16.6. The van der Waals surface area contributed by atoms with Gasteiger partial charge in [-0.05, 0) is 49.6 Å². The van der Waals surface area contributed by atoms with Crippen LogP contribution in [0.2, 0.25) is 0 Å². The van der Waals surface area contributed by atoms with Gasteiger partial charge in [-0.2, -0.15) is 0 Å². The molecule has 0 saturated carbocycles. The molecule has 1 aliphatic rings. The molecule has 0 spiro atoms. The van der Waals surface area contributed by atoms with E-state index < -0.39 is 12.1 Å². The van der Waals surface area contributed by atoms with E-state index in [2.05, 4.69) is 6.07 Å². The zero-order valence-corrected chi connectivity index (χ0v) is 17.3. The lowest BCUT2D eigenvalue weighted by Gasteiger charge is -2.30. The molecule has 0 bridgehead atoms. The van der Waals surface area contributed by atoms with Crippen molar-refractivity contribution < 1.29 is 28.6 Å². The molecule has 158 valence electrons. The average molecular weight is 411 g/mol. The molecule has 0 N–H and O–H groups in total. The first-order valence-corrected chi connectivity index (χ1v) is 9.76. The number of amides is 1. The van der Waals surface area contributed by atoms with Crippen LogP contribution in [0, 0.1) is 0 Å². The number of carbonyl (C=O) groups excluding carboxylic acids is 3. The van der Waals surface area contributed by atoms with E-state index in [4.69, 9.17) is 14.2 Å². The molecule has 1 amide bonds. The Balaban J connectivity index is 1.54. The van der Waals surface area contributed by atoms with Gasteiger partial charge in [0.25, 0.3) is 5.91 Å². The summed E-state index contributed by atoms with van der Waals surface area (Å²) in [5, 5.41) is 0. The van der Waals surface area contributed by atoms with Crippen LogP contribution in [0.5, 0.6) is 11.5 Å². The van der Waals surface area contributed by atoms with Crippen LogP contribution in [-0.2, 0) is 27.3 Å². The van der Waals surface area contributed by atoms with Crippen LogP contribution in [0.25, 0.3) is 0 Å². The summed E-state index contributed by atoms with van der Waals surface area (Å²) in [5.41, 5.74) is 2.83. The smallest absolute Gasteiger partial charge is 0.344 e. The van der Waals surface area contributed by atoms with Gasteiger partial charge in [-0.3, -0.25) is 9.59 Å². The summed E-state index contributed by atoms with van der Waals surface area (Å²) in [6, 6.07) is 12.7. The lowest BCUT2D eigenvalue weighted by atomic mass is 9.99. The molecule has 0 saturated heterocycles. The molecule has 1 aliphatic heterocycles. The molecule has 0 aromatic heterocycles. The van der Waals surface area contributed by atoms with Crippen LogP contribution < -0.4 is 9.47 Å². The molecule has 1 atom stereocenters. The number of carbonyl (C=O) groups is 3. The predicted octanol–water partition coefficient (Wildman–Crippen LogP) is 2.79. The fraction of sp³-hybridized carbons (Fsp3) is 0.348. The summed E-state index contributed by atoms with van der Waals surface area (Å²) in [6.07, 6.45) is -0.129. The largest absolute Gasteiger partial charge is 0.493 e. The maximum atomic E-state index is 12.7. The van der Waals surface area contributed by atoms with E-state index in [1.54, 1.807) is 30.0 Å². The van der Waals surface area contributed by atoms with Crippen molar-refractivity contribution in [2.75, 3.05) is 20.3 Å². The van der Waals surface area contributed by atoms with Crippen molar-refractivity contribution in [1.29, 1.82) is 0 Å². The highest BCUT2D eigenvalue weighted by Gasteiger charge is 2.27. The zero-order valence-electron chi connectivity index (χ0n) is 17.3. The van der Waals surface area contributed by atoms with Crippen LogP contribution in [0.3, 0.4) is 0 Å². The molecule has 0 aliphatic carbocycles. The number of Topliss-reactive ketones (excluding diaryl/α,β-unsaturated/α-hetero) is 1. The van der Waals surface area contributed by atoms with Gasteiger partial charge in [0.1, 0.15) is 0 Å². The van der Waals surface area contributed by atoms with Gasteiger partial charge < -0.3 is 19.1 Å². The first-order chi connectivity index (χ1) is 14.4. The Labute approximate surface area is 175 Å². The Morgan fingerprint density at radius 1 is 1.07 bits per heavy atom. The molecule has 2 aromatic rings. The van der Waals surface area contributed by atoms with E-state index in [-0.39, 0.29) is 18.3 Å². The average Bonchev–Trinajstić information content (AvgIpc) is 2.76. The number of hydrogen-bond acceptors (Lipinski definition) is 6. The second-order valence-corrected chi connectivity index (χ2v) is 7.12. The minimum absolute atomic E-state index is 0.105. The summed E-state index contributed by atoms with van der Waals surface area (Å²) in [7, 11) is 1.45. The molecule has 0 unspecified atom stereocenters. The maximum Gasteiger partial charge on any atom is 0.344 e. The molecule has 1 heterocycles. The molecule has 7 heteroatoms. The monoisotopic (exact) mass is 411 g/mol. The summed E-state index contributed by atoms with van der Waals surface area (Å²) < 4.78 is 15.9. The number of fused-ring (bicyclic) bond motifs is 1.